The average Bonchev–Trinajstić information content (AvgIpc) is 2.77. The highest BCUT2D eigenvalue weighted by Gasteiger charge is 2.33. The van der Waals surface area contributed by atoms with Gasteiger partial charge < -0.3 is 10.6 Å². The van der Waals surface area contributed by atoms with E-state index in [1.54, 1.807) is 29.2 Å². The molecule has 2 amide bonds. The molecular formula is C22H34N4O4S. The number of aryl methyl sites for hydroxylation is 1. The van der Waals surface area contributed by atoms with Gasteiger partial charge in [0.2, 0.25) is 21.8 Å². The highest BCUT2D eigenvalue weighted by atomic mass is 32.2. The van der Waals surface area contributed by atoms with Gasteiger partial charge in [-0.25, -0.2) is 13.1 Å². The molecule has 8 nitrogen and oxygen atoms in total. The summed E-state index contributed by atoms with van der Waals surface area (Å²) in [5, 5.41) is 0. The monoisotopic (exact) mass is 450 g/mol. The molecule has 1 aromatic carbocycles. The second kappa shape index (κ2) is 10.1. The number of hydrogen-bond donors (Lipinski definition) is 2. The third-order valence-electron chi connectivity index (χ3n) is 6.48. The molecule has 9 heteroatoms. The maximum absolute atomic E-state index is 13.0. The number of rotatable bonds is 7. The molecule has 172 valence electrons. The summed E-state index contributed by atoms with van der Waals surface area (Å²) in [6.45, 7) is 6.68. The molecule has 1 aromatic rings. The molecule has 0 bridgehead atoms. The van der Waals surface area contributed by atoms with E-state index in [1.807, 2.05) is 13.8 Å². The lowest BCUT2D eigenvalue weighted by atomic mass is 9.95. The van der Waals surface area contributed by atoms with Crippen molar-refractivity contribution in [1.29, 1.82) is 0 Å². The molecule has 2 heterocycles. The second-order valence-corrected chi connectivity index (χ2v) is 10.6. The Morgan fingerprint density at radius 3 is 2.48 bits per heavy atom. The van der Waals surface area contributed by atoms with E-state index in [4.69, 9.17) is 5.73 Å². The lowest BCUT2D eigenvalue weighted by Gasteiger charge is -2.39. The lowest BCUT2D eigenvalue weighted by molar-refractivity contribution is -0.140. The molecule has 2 fully saturated rings. The minimum absolute atomic E-state index is 0.0202. The van der Waals surface area contributed by atoms with Crippen molar-refractivity contribution in [2.24, 2.45) is 17.6 Å². The number of primary amides is 1. The summed E-state index contributed by atoms with van der Waals surface area (Å²) in [6, 6.07) is 6.50. The first-order chi connectivity index (χ1) is 14.7. The molecule has 0 aromatic heterocycles. The number of benzene rings is 1. The van der Waals surface area contributed by atoms with Crippen LogP contribution >= 0.6 is 0 Å². The van der Waals surface area contributed by atoms with E-state index >= 15 is 0 Å². The Morgan fingerprint density at radius 2 is 1.81 bits per heavy atom. The van der Waals surface area contributed by atoms with Crippen molar-refractivity contribution in [3.8, 4) is 0 Å². The fourth-order valence-corrected chi connectivity index (χ4v) is 5.59. The Balaban J connectivity index is 1.55. The predicted molar refractivity (Wildman–Crippen MR) is 119 cm³/mol. The number of sulfonamides is 1. The molecule has 3 unspecified atom stereocenters. The quantitative estimate of drug-likeness (QED) is 0.646. The van der Waals surface area contributed by atoms with Crippen LogP contribution in [0.15, 0.2) is 29.2 Å². The van der Waals surface area contributed by atoms with Crippen LogP contribution in [-0.2, 0) is 19.6 Å². The number of piperidine rings is 2. The van der Waals surface area contributed by atoms with Crippen LogP contribution < -0.4 is 10.5 Å². The second-order valence-electron chi connectivity index (χ2n) is 8.87. The minimum atomic E-state index is -3.55. The summed E-state index contributed by atoms with van der Waals surface area (Å²) >= 11 is 0. The van der Waals surface area contributed by atoms with Gasteiger partial charge in [-0.2, -0.15) is 0 Å². The zero-order valence-electron chi connectivity index (χ0n) is 18.4. The first-order valence-electron chi connectivity index (χ1n) is 11.1. The number of nitrogens with one attached hydrogen (secondary N) is 1. The van der Waals surface area contributed by atoms with E-state index in [2.05, 4.69) is 9.62 Å². The van der Waals surface area contributed by atoms with E-state index in [0.29, 0.717) is 26.2 Å². The molecular weight excluding hydrogens is 416 g/mol. The van der Waals surface area contributed by atoms with Crippen LogP contribution in [0.5, 0.6) is 0 Å². The summed E-state index contributed by atoms with van der Waals surface area (Å²) < 4.78 is 27.9. The fourth-order valence-electron chi connectivity index (χ4n) is 4.47. The number of nitrogens with two attached hydrogens (primary N) is 1. The Hall–Kier alpha value is -1.97. The van der Waals surface area contributed by atoms with E-state index < -0.39 is 10.0 Å². The van der Waals surface area contributed by atoms with Crippen LogP contribution in [0.2, 0.25) is 0 Å². The third kappa shape index (κ3) is 6.05. The summed E-state index contributed by atoms with van der Waals surface area (Å²) in [4.78, 5) is 28.7. The summed E-state index contributed by atoms with van der Waals surface area (Å²) in [7, 11) is -3.55. The normalized spacial score (nSPS) is 24.0. The van der Waals surface area contributed by atoms with Gasteiger partial charge in [0.25, 0.3) is 0 Å². The zero-order chi connectivity index (χ0) is 22.6. The molecule has 3 N–H and O–H groups in total. The highest BCUT2D eigenvalue weighted by molar-refractivity contribution is 7.89. The molecule has 0 aliphatic carbocycles. The smallest absolute Gasteiger partial charge is 0.240 e. The maximum Gasteiger partial charge on any atom is 0.240 e. The van der Waals surface area contributed by atoms with Gasteiger partial charge in [0.05, 0.1) is 16.9 Å². The van der Waals surface area contributed by atoms with Gasteiger partial charge in [-0.3, -0.25) is 14.5 Å². The SMILES string of the molecule is Cc1ccc(S(=O)(=O)NCC2CCCN(C(C)C(=O)N3CCCC(C(N)=O)C3)C2)cc1. The van der Waals surface area contributed by atoms with E-state index in [1.165, 1.54) is 0 Å². The van der Waals surface area contributed by atoms with Crippen molar-refractivity contribution in [2.45, 2.75) is 50.5 Å². The lowest BCUT2D eigenvalue weighted by Crippen LogP contribution is -2.54. The maximum atomic E-state index is 13.0. The van der Waals surface area contributed by atoms with Crippen LogP contribution in [0, 0.1) is 18.8 Å². The Morgan fingerprint density at radius 1 is 1.13 bits per heavy atom. The molecule has 31 heavy (non-hydrogen) atoms. The standard InChI is InChI=1S/C22H34N4O4S/c1-16-7-9-20(10-8-16)31(29,30)24-13-18-5-3-11-25(14-18)17(2)22(28)26-12-4-6-19(15-26)21(23)27/h7-10,17-19,24H,3-6,11-15H2,1-2H3,(H2,23,27). The number of likely N-dealkylation sites (tertiary alicyclic amines) is 2. The van der Waals surface area contributed by atoms with Crippen LogP contribution in [0.3, 0.4) is 0 Å². The molecule has 0 saturated carbocycles. The van der Waals surface area contributed by atoms with Gasteiger partial charge in [0, 0.05) is 26.2 Å². The molecule has 2 aliphatic rings. The number of carbonyl (C=O) groups excluding carboxylic acids is 2. The fraction of sp³-hybridized carbons (Fsp3) is 0.636. The number of nitrogens with zero attached hydrogens (tertiary/aromatic N) is 2. The van der Waals surface area contributed by atoms with Crippen molar-refractivity contribution < 1.29 is 18.0 Å². The van der Waals surface area contributed by atoms with Crippen molar-refractivity contribution in [1.82, 2.24) is 14.5 Å². The van der Waals surface area contributed by atoms with Gasteiger partial charge in [0.1, 0.15) is 0 Å². The summed E-state index contributed by atoms with van der Waals surface area (Å²) in [5.74, 6) is -0.449. The van der Waals surface area contributed by atoms with Gasteiger partial charge in [0.15, 0.2) is 0 Å². The molecule has 0 spiro atoms. The average molecular weight is 451 g/mol. The van der Waals surface area contributed by atoms with E-state index in [0.717, 1.165) is 37.8 Å². The number of hydrogen-bond acceptors (Lipinski definition) is 5. The van der Waals surface area contributed by atoms with Gasteiger partial charge in [-0.15, -0.1) is 0 Å². The first-order valence-corrected chi connectivity index (χ1v) is 12.5. The number of carbonyl (C=O) groups is 2. The third-order valence-corrected chi connectivity index (χ3v) is 7.92. The molecule has 2 aliphatic heterocycles. The van der Waals surface area contributed by atoms with Crippen molar-refractivity contribution >= 4 is 21.8 Å². The summed E-state index contributed by atoms with van der Waals surface area (Å²) in [6.07, 6.45) is 3.36. The van der Waals surface area contributed by atoms with Crippen LogP contribution in [0.1, 0.15) is 38.2 Å². The zero-order valence-corrected chi connectivity index (χ0v) is 19.2. The summed E-state index contributed by atoms with van der Waals surface area (Å²) in [5.41, 5.74) is 6.45. The predicted octanol–water partition coefficient (Wildman–Crippen LogP) is 1.10. The Bertz CT molecular complexity index is 887. The Labute approximate surface area is 185 Å². The van der Waals surface area contributed by atoms with Crippen molar-refractivity contribution in [2.75, 3.05) is 32.7 Å². The van der Waals surface area contributed by atoms with E-state index in [9.17, 15) is 18.0 Å². The number of amides is 2. The van der Waals surface area contributed by atoms with Crippen molar-refractivity contribution in [3.05, 3.63) is 29.8 Å². The molecule has 3 atom stereocenters. The first kappa shape index (κ1) is 23.7. The van der Waals surface area contributed by atoms with Crippen molar-refractivity contribution in [3.63, 3.8) is 0 Å². The Kier molecular flexibility index (Phi) is 7.72. The largest absolute Gasteiger partial charge is 0.369 e. The van der Waals surface area contributed by atoms with Crippen LogP contribution in [-0.4, -0.2) is 68.8 Å². The van der Waals surface area contributed by atoms with Gasteiger partial charge >= 0.3 is 0 Å². The van der Waals surface area contributed by atoms with E-state index in [-0.39, 0.29) is 34.6 Å². The van der Waals surface area contributed by atoms with Gasteiger partial charge in [-0.05, 0) is 64.1 Å². The van der Waals surface area contributed by atoms with Crippen LogP contribution in [0.4, 0.5) is 0 Å². The highest BCUT2D eigenvalue weighted by Crippen LogP contribution is 2.22. The molecule has 0 radical (unpaired) electrons. The van der Waals surface area contributed by atoms with Crippen LogP contribution in [0.25, 0.3) is 0 Å². The molecule has 2 saturated heterocycles. The minimum Gasteiger partial charge on any atom is -0.369 e. The van der Waals surface area contributed by atoms with Gasteiger partial charge in [-0.1, -0.05) is 17.7 Å². The topological polar surface area (TPSA) is 113 Å². The molecule has 3 rings (SSSR count).